The van der Waals surface area contributed by atoms with E-state index in [1.54, 1.807) is 0 Å². The van der Waals surface area contributed by atoms with Gasteiger partial charge in [-0.05, 0) is 0 Å². The average molecular weight is 426 g/mol. The summed E-state index contributed by atoms with van der Waals surface area (Å²) >= 11 is 0. The Morgan fingerprint density at radius 2 is 0.750 bits per heavy atom. The highest BCUT2D eigenvalue weighted by atomic mass is 16.4. The SMILES string of the molecule is N.N.O=C(O)[C@H](O)[C@@H](O)[C@H](O)[C@H](O)CO.O=C(O)[C@H](O)[C@@H](O)[C@H](O)[C@H](O)CO. The first-order valence-electron chi connectivity index (χ1n) is 6.95. The van der Waals surface area contributed by atoms with Crippen molar-refractivity contribution in [3.63, 3.8) is 0 Å². The van der Waals surface area contributed by atoms with Gasteiger partial charge in [-0.3, -0.25) is 0 Å². The lowest BCUT2D eigenvalue weighted by atomic mass is 10.0. The largest absolute Gasteiger partial charge is 0.479 e. The third-order valence-electron chi connectivity index (χ3n) is 3.02. The number of carboxylic acid groups (broad SMARTS) is 2. The van der Waals surface area contributed by atoms with Gasteiger partial charge in [-0.15, -0.1) is 0 Å². The lowest BCUT2D eigenvalue weighted by Crippen LogP contribution is -2.48. The van der Waals surface area contributed by atoms with E-state index in [2.05, 4.69) is 0 Å². The van der Waals surface area contributed by atoms with Crippen molar-refractivity contribution in [3.05, 3.63) is 0 Å². The Morgan fingerprint density at radius 1 is 0.536 bits per heavy atom. The summed E-state index contributed by atoms with van der Waals surface area (Å²) in [5.41, 5.74) is 0. The fourth-order valence-electron chi connectivity index (χ4n) is 1.34. The second-order valence-corrected chi connectivity index (χ2v) is 5.03. The van der Waals surface area contributed by atoms with Gasteiger partial charge in [0.1, 0.15) is 36.6 Å². The van der Waals surface area contributed by atoms with Crippen LogP contribution in [0.3, 0.4) is 0 Å². The minimum Gasteiger partial charge on any atom is -0.479 e. The molecule has 172 valence electrons. The summed E-state index contributed by atoms with van der Waals surface area (Å²) in [4.78, 5) is 20.2. The Hall–Kier alpha value is -1.54. The molecule has 18 N–H and O–H groups in total. The Labute approximate surface area is 158 Å². The monoisotopic (exact) mass is 426 g/mol. The van der Waals surface area contributed by atoms with Crippen molar-refractivity contribution >= 4 is 11.9 Å². The first kappa shape index (κ1) is 34.0. The summed E-state index contributed by atoms with van der Waals surface area (Å²) in [6.07, 6.45) is -15.7. The van der Waals surface area contributed by atoms with Gasteiger partial charge in [-0.1, -0.05) is 0 Å². The Morgan fingerprint density at radius 3 is 0.893 bits per heavy atom. The molecule has 0 unspecified atom stereocenters. The minimum absolute atomic E-state index is 0. The van der Waals surface area contributed by atoms with Crippen LogP contribution in [0.1, 0.15) is 0 Å². The maximum Gasteiger partial charge on any atom is 0.335 e. The van der Waals surface area contributed by atoms with Crippen LogP contribution in [0, 0.1) is 0 Å². The number of rotatable bonds is 10. The van der Waals surface area contributed by atoms with Crippen molar-refractivity contribution in [2.75, 3.05) is 13.2 Å². The van der Waals surface area contributed by atoms with Crippen molar-refractivity contribution in [2.45, 2.75) is 48.8 Å². The van der Waals surface area contributed by atoms with Gasteiger partial charge in [-0.2, -0.15) is 0 Å². The van der Waals surface area contributed by atoms with Crippen LogP contribution in [0.2, 0.25) is 0 Å². The van der Waals surface area contributed by atoms with Gasteiger partial charge in [0.2, 0.25) is 0 Å². The van der Waals surface area contributed by atoms with Crippen molar-refractivity contribution in [3.8, 4) is 0 Å². The predicted octanol–water partition coefficient (Wildman–Crippen LogP) is -6.66. The van der Waals surface area contributed by atoms with Gasteiger partial charge >= 0.3 is 11.9 Å². The van der Waals surface area contributed by atoms with E-state index in [1.165, 1.54) is 0 Å². The highest BCUT2D eigenvalue weighted by Gasteiger charge is 2.34. The second-order valence-electron chi connectivity index (χ2n) is 5.03. The molecule has 0 aromatic carbocycles. The molecule has 16 nitrogen and oxygen atoms in total. The first-order chi connectivity index (χ1) is 11.8. The highest BCUT2D eigenvalue weighted by Crippen LogP contribution is 2.05. The Kier molecular flexibility index (Phi) is 19.9. The first-order valence-corrected chi connectivity index (χ1v) is 6.95. The van der Waals surface area contributed by atoms with Crippen molar-refractivity contribution < 1.29 is 70.9 Å². The molecule has 0 fully saturated rings. The molecule has 0 aliphatic carbocycles. The molecule has 8 atom stereocenters. The molecule has 0 saturated heterocycles. The summed E-state index contributed by atoms with van der Waals surface area (Å²) in [5.74, 6) is -3.45. The summed E-state index contributed by atoms with van der Waals surface area (Å²) in [6.45, 7) is -1.69. The van der Waals surface area contributed by atoms with Crippen LogP contribution < -0.4 is 12.3 Å². The average Bonchev–Trinajstić information content (AvgIpc) is 2.62. The van der Waals surface area contributed by atoms with Crippen LogP contribution in [0.15, 0.2) is 0 Å². The van der Waals surface area contributed by atoms with Crippen LogP contribution >= 0.6 is 0 Å². The lowest BCUT2D eigenvalue weighted by Gasteiger charge is -2.23. The molecule has 0 aliphatic heterocycles. The van der Waals surface area contributed by atoms with Crippen LogP contribution in [-0.2, 0) is 9.59 Å². The fraction of sp³-hybridized carbons (Fsp3) is 0.833. The van der Waals surface area contributed by atoms with E-state index in [9.17, 15) is 9.59 Å². The molecule has 0 rings (SSSR count). The number of hydrogen-bond acceptors (Lipinski definition) is 14. The molecular weight excluding hydrogens is 396 g/mol. The molecule has 0 spiro atoms. The van der Waals surface area contributed by atoms with Crippen molar-refractivity contribution in [1.29, 1.82) is 0 Å². The summed E-state index contributed by atoms with van der Waals surface area (Å²) in [6, 6.07) is 0. The standard InChI is InChI=1S/2C6H12O7.2H3N/c2*7-1-2(8)3(9)4(10)5(11)6(12)13;;/h2*2-5,7-11H,1H2,(H,12,13);2*1H3/t2*2-,3-,4+,5-;;/m11../s1. The number of carboxylic acids is 2. The van der Waals surface area contributed by atoms with Gasteiger partial charge in [0.25, 0.3) is 0 Å². The minimum atomic E-state index is -2.20. The normalized spacial score (nSPS) is 18.9. The Bertz CT molecular complexity index is 389. The number of aliphatic carboxylic acids is 2. The highest BCUT2D eigenvalue weighted by molar-refractivity contribution is 5.73. The van der Waals surface area contributed by atoms with Crippen molar-refractivity contribution in [1.82, 2.24) is 12.3 Å². The molecule has 0 bridgehead atoms. The molecule has 0 saturated carbocycles. The van der Waals surface area contributed by atoms with Crippen LogP contribution in [0.25, 0.3) is 0 Å². The third-order valence-corrected chi connectivity index (χ3v) is 3.02. The molecule has 28 heavy (non-hydrogen) atoms. The zero-order valence-corrected chi connectivity index (χ0v) is 14.6. The van der Waals surface area contributed by atoms with E-state index in [4.69, 9.17) is 61.3 Å². The predicted molar refractivity (Wildman–Crippen MR) is 87.5 cm³/mol. The smallest absolute Gasteiger partial charge is 0.335 e. The summed E-state index contributed by atoms with van der Waals surface area (Å²) in [5, 5.41) is 104. The molecule has 0 radical (unpaired) electrons. The topological polar surface area (TPSA) is 347 Å². The van der Waals surface area contributed by atoms with E-state index in [-0.39, 0.29) is 12.3 Å². The molecule has 0 aliphatic rings. The fourth-order valence-corrected chi connectivity index (χ4v) is 1.34. The van der Waals surface area contributed by atoms with Gasteiger partial charge in [0.05, 0.1) is 13.2 Å². The van der Waals surface area contributed by atoms with E-state index >= 15 is 0 Å². The molecule has 0 aromatic heterocycles. The molecular formula is C12H30N2O14. The summed E-state index contributed by atoms with van der Waals surface area (Å²) in [7, 11) is 0. The zero-order chi connectivity index (χ0) is 21.2. The van der Waals surface area contributed by atoms with E-state index in [0.717, 1.165) is 0 Å². The van der Waals surface area contributed by atoms with Gasteiger partial charge in [0, 0.05) is 0 Å². The van der Waals surface area contributed by atoms with E-state index < -0.39 is 74.0 Å². The van der Waals surface area contributed by atoms with Crippen molar-refractivity contribution in [2.24, 2.45) is 0 Å². The van der Waals surface area contributed by atoms with Gasteiger partial charge < -0.3 is 73.6 Å². The quantitative estimate of drug-likeness (QED) is 0.154. The maximum atomic E-state index is 10.1. The summed E-state index contributed by atoms with van der Waals surface area (Å²) < 4.78 is 0. The molecule has 16 heteroatoms. The van der Waals surface area contributed by atoms with E-state index in [0.29, 0.717) is 0 Å². The molecule has 0 amide bonds. The van der Waals surface area contributed by atoms with Crippen LogP contribution in [-0.4, -0.2) is 135 Å². The number of hydrogen-bond donors (Lipinski definition) is 14. The van der Waals surface area contributed by atoms with E-state index in [1.807, 2.05) is 0 Å². The number of aliphatic hydroxyl groups excluding tert-OH is 10. The van der Waals surface area contributed by atoms with Crippen LogP contribution in [0.4, 0.5) is 0 Å². The molecule has 0 aromatic rings. The molecule has 0 heterocycles. The third kappa shape index (κ3) is 11.3. The number of carbonyl (C=O) groups is 2. The van der Waals surface area contributed by atoms with Gasteiger partial charge in [0.15, 0.2) is 12.2 Å². The zero-order valence-electron chi connectivity index (χ0n) is 14.6. The Balaban J connectivity index is -0.000000192. The van der Waals surface area contributed by atoms with Crippen LogP contribution in [0.5, 0.6) is 0 Å². The van der Waals surface area contributed by atoms with Gasteiger partial charge in [-0.25, -0.2) is 9.59 Å². The lowest BCUT2D eigenvalue weighted by molar-refractivity contribution is -0.164. The second kappa shape index (κ2) is 16.4. The maximum absolute atomic E-state index is 10.1. The number of aliphatic hydroxyl groups is 10.